The fraction of sp³-hybridized carbons (Fsp3) is 0. The van der Waals surface area contributed by atoms with E-state index in [1.165, 1.54) is 0 Å². The highest BCUT2D eigenvalue weighted by atomic mass is 19.2. The van der Waals surface area contributed by atoms with Crippen molar-refractivity contribution >= 4 is 17.3 Å². The van der Waals surface area contributed by atoms with Crippen LogP contribution in [0, 0.1) is 21.9 Å². The first-order valence-electron chi connectivity index (χ1n) is 5.49. The van der Waals surface area contributed by atoms with E-state index in [0.29, 0.717) is 0 Å². The molecule has 2 aromatic rings. The Hall–Kier alpha value is -3.10. The normalized spacial score (nSPS) is 10.2. The first-order valence-corrected chi connectivity index (χ1v) is 5.49. The Morgan fingerprint density at radius 2 is 2.05 bits per heavy atom. The van der Waals surface area contributed by atoms with Gasteiger partial charge in [-0.25, -0.2) is 9.37 Å². The van der Waals surface area contributed by atoms with E-state index in [4.69, 9.17) is 0 Å². The van der Waals surface area contributed by atoms with Gasteiger partial charge in [0.05, 0.1) is 16.6 Å². The Labute approximate surface area is 116 Å². The van der Waals surface area contributed by atoms with Crippen molar-refractivity contribution in [3.63, 3.8) is 0 Å². The number of phenolic OH excluding ortho intramolecular Hbond substituents is 1. The van der Waals surface area contributed by atoms with Crippen molar-refractivity contribution in [3.05, 3.63) is 57.9 Å². The van der Waals surface area contributed by atoms with Gasteiger partial charge in [-0.2, -0.15) is 4.39 Å². The van der Waals surface area contributed by atoms with Gasteiger partial charge in [0.15, 0.2) is 5.82 Å². The third-order valence-electron chi connectivity index (χ3n) is 2.52. The summed E-state index contributed by atoms with van der Waals surface area (Å²) < 4.78 is 26.3. The average molecular weight is 295 g/mol. The third-order valence-corrected chi connectivity index (χ3v) is 2.52. The van der Waals surface area contributed by atoms with Gasteiger partial charge in [0, 0.05) is 6.20 Å². The number of nitrogens with zero attached hydrogens (tertiary/aromatic N) is 2. The first-order chi connectivity index (χ1) is 9.90. The standard InChI is InChI=1S/C12H7F2N3O4/c13-10-7(3-4-15-11(10)14)12(19)16-8-2-1-6(18)5-9(8)17(20)21/h1-5,18H,(H,16,19). The molecule has 0 aliphatic rings. The van der Waals surface area contributed by atoms with Crippen LogP contribution in [0.25, 0.3) is 0 Å². The molecule has 0 saturated carbocycles. The molecule has 0 fully saturated rings. The minimum Gasteiger partial charge on any atom is -0.508 e. The molecule has 1 aromatic heterocycles. The SMILES string of the molecule is O=C(Nc1ccc(O)cc1[N+](=O)[O-])c1ccnc(F)c1F. The van der Waals surface area contributed by atoms with Crippen LogP contribution in [0.5, 0.6) is 5.75 Å². The number of anilines is 1. The number of carbonyl (C=O) groups is 1. The van der Waals surface area contributed by atoms with E-state index >= 15 is 0 Å². The van der Waals surface area contributed by atoms with Crippen LogP contribution in [-0.2, 0) is 0 Å². The second kappa shape index (κ2) is 5.49. The van der Waals surface area contributed by atoms with Gasteiger partial charge in [0.2, 0.25) is 5.95 Å². The number of pyridine rings is 1. The molecule has 0 aliphatic heterocycles. The summed E-state index contributed by atoms with van der Waals surface area (Å²) in [6.45, 7) is 0. The van der Waals surface area contributed by atoms with Crippen LogP contribution in [0.1, 0.15) is 10.4 Å². The molecule has 2 N–H and O–H groups in total. The number of rotatable bonds is 3. The van der Waals surface area contributed by atoms with Gasteiger partial charge in [-0.15, -0.1) is 0 Å². The molecule has 1 heterocycles. The van der Waals surface area contributed by atoms with Crippen molar-refractivity contribution in [2.24, 2.45) is 0 Å². The maximum absolute atomic E-state index is 13.4. The summed E-state index contributed by atoms with van der Waals surface area (Å²) in [6, 6.07) is 3.92. The molecule has 0 atom stereocenters. The topological polar surface area (TPSA) is 105 Å². The van der Waals surface area contributed by atoms with Crippen LogP contribution in [0.3, 0.4) is 0 Å². The lowest BCUT2D eigenvalue weighted by molar-refractivity contribution is -0.384. The van der Waals surface area contributed by atoms with E-state index < -0.39 is 33.8 Å². The number of phenols is 1. The second-order valence-electron chi connectivity index (χ2n) is 3.88. The number of nitrogens with one attached hydrogen (secondary N) is 1. The molecular formula is C12H7F2N3O4. The highest BCUT2D eigenvalue weighted by Crippen LogP contribution is 2.28. The number of halogens is 2. The molecule has 108 valence electrons. The van der Waals surface area contributed by atoms with E-state index in [0.717, 1.165) is 30.5 Å². The molecule has 2 rings (SSSR count). The van der Waals surface area contributed by atoms with E-state index in [9.17, 15) is 28.8 Å². The van der Waals surface area contributed by atoms with Crippen molar-refractivity contribution in [1.82, 2.24) is 4.98 Å². The second-order valence-corrected chi connectivity index (χ2v) is 3.88. The number of nitro benzene ring substituents is 1. The van der Waals surface area contributed by atoms with Gasteiger partial charge in [0.1, 0.15) is 11.4 Å². The Balaban J connectivity index is 2.36. The summed E-state index contributed by atoms with van der Waals surface area (Å²) in [5.41, 5.74) is -1.50. The Morgan fingerprint density at radius 1 is 1.33 bits per heavy atom. The summed E-state index contributed by atoms with van der Waals surface area (Å²) in [6.07, 6.45) is 0.887. The van der Waals surface area contributed by atoms with E-state index in [1.807, 2.05) is 0 Å². The molecule has 1 amide bonds. The van der Waals surface area contributed by atoms with Crippen LogP contribution in [0.4, 0.5) is 20.2 Å². The first kappa shape index (κ1) is 14.3. The Kier molecular flexibility index (Phi) is 3.74. The summed E-state index contributed by atoms with van der Waals surface area (Å²) >= 11 is 0. The maximum Gasteiger partial charge on any atom is 0.296 e. The number of amides is 1. The predicted molar refractivity (Wildman–Crippen MR) is 66.9 cm³/mol. The van der Waals surface area contributed by atoms with Crippen molar-refractivity contribution < 1.29 is 23.6 Å². The number of benzene rings is 1. The Morgan fingerprint density at radius 3 is 2.71 bits per heavy atom. The minimum atomic E-state index is -1.46. The van der Waals surface area contributed by atoms with Crippen LogP contribution in [0.15, 0.2) is 30.5 Å². The number of aromatic nitrogens is 1. The van der Waals surface area contributed by atoms with Gasteiger partial charge >= 0.3 is 0 Å². The number of hydrogen-bond acceptors (Lipinski definition) is 5. The smallest absolute Gasteiger partial charge is 0.296 e. The lowest BCUT2D eigenvalue weighted by Gasteiger charge is -2.07. The number of carbonyl (C=O) groups excluding carboxylic acids is 1. The van der Waals surface area contributed by atoms with Gasteiger partial charge in [-0.05, 0) is 18.2 Å². The molecule has 9 heteroatoms. The maximum atomic E-state index is 13.4. The van der Waals surface area contributed by atoms with Crippen molar-refractivity contribution in [3.8, 4) is 5.75 Å². The highest BCUT2D eigenvalue weighted by Gasteiger charge is 2.20. The molecule has 0 bridgehead atoms. The third kappa shape index (κ3) is 2.91. The van der Waals surface area contributed by atoms with E-state index in [2.05, 4.69) is 10.3 Å². The molecule has 0 saturated heterocycles. The van der Waals surface area contributed by atoms with Crippen LogP contribution < -0.4 is 5.32 Å². The zero-order valence-corrected chi connectivity index (χ0v) is 10.2. The lowest BCUT2D eigenvalue weighted by Crippen LogP contribution is -2.16. The van der Waals surface area contributed by atoms with Gasteiger partial charge < -0.3 is 10.4 Å². The molecule has 7 nitrogen and oxygen atoms in total. The quantitative estimate of drug-likeness (QED) is 0.391. The minimum absolute atomic E-state index is 0.264. The molecule has 0 unspecified atom stereocenters. The molecule has 0 spiro atoms. The zero-order chi connectivity index (χ0) is 15.6. The fourth-order valence-corrected chi connectivity index (χ4v) is 1.56. The molecule has 21 heavy (non-hydrogen) atoms. The van der Waals surface area contributed by atoms with Crippen LogP contribution >= 0.6 is 0 Å². The van der Waals surface area contributed by atoms with Crippen molar-refractivity contribution in [1.29, 1.82) is 0 Å². The van der Waals surface area contributed by atoms with Gasteiger partial charge in [-0.1, -0.05) is 0 Å². The van der Waals surface area contributed by atoms with Crippen molar-refractivity contribution in [2.45, 2.75) is 0 Å². The van der Waals surface area contributed by atoms with Gasteiger partial charge in [0.25, 0.3) is 11.6 Å². The predicted octanol–water partition coefficient (Wildman–Crippen LogP) is 2.23. The molecule has 0 aliphatic carbocycles. The molecule has 0 radical (unpaired) electrons. The summed E-state index contributed by atoms with van der Waals surface area (Å²) in [7, 11) is 0. The number of hydrogen-bond donors (Lipinski definition) is 2. The summed E-state index contributed by atoms with van der Waals surface area (Å²) in [5.74, 6) is -4.37. The largest absolute Gasteiger partial charge is 0.508 e. The molecule has 1 aromatic carbocycles. The van der Waals surface area contributed by atoms with Gasteiger partial charge in [-0.3, -0.25) is 14.9 Å². The average Bonchev–Trinajstić information content (AvgIpc) is 2.43. The highest BCUT2D eigenvalue weighted by molar-refractivity contribution is 6.05. The summed E-state index contributed by atoms with van der Waals surface area (Å²) in [4.78, 5) is 24.8. The lowest BCUT2D eigenvalue weighted by atomic mass is 10.2. The monoisotopic (exact) mass is 295 g/mol. The Bertz CT molecular complexity index is 736. The number of nitro groups is 1. The van der Waals surface area contributed by atoms with Crippen LogP contribution in [-0.4, -0.2) is 20.9 Å². The van der Waals surface area contributed by atoms with E-state index in [-0.39, 0.29) is 11.4 Å². The van der Waals surface area contributed by atoms with E-state index in [1.54, 1.807) is 0 Å². The summed E-state index contributed by atoms with van der Waals surface area (Å²) in [5, 5.41) is 22.1. The number of aromatic hydroxyl groups is 1. The van der Waals surface area contributed by atoms with Crippen LogP contribution in [0.2, 0.25) is 0 Å². The molecular weight excluding hydrogens is 288 g/mol. The zero-order valence-electron chi connectivity index (χ0n) is 10.2. The fourth-order valence-electron chi connectivity index (χ4n) is 1.56. The van der Waals surface area contributed by atoms with Crippen molar-refractivity contribution in [2.75, 3.05) is 5.32 Å².